The second-order valence-electron chi connectivity index (χ2n) is 2.80. The predicted molar refractivity (Wildman–Crippen MR) is 58.9 cm³/mol. The molecule has 1 amide bonds. The van der Waals surface area contributed by atoms with Gasteiger partial charge >= 0.3 is 5.97 Å². The summed E-state index contributed by atoms with van der Waals surface area (Å²) in [7, 11) is 0. The first-order chi connectivity index (χ1) is 7.11. The summed E-state index contributed by atoms with van der Waals surface area (Å²) >= 11 is 3.95. The molecule has 0 radical (unpaired) electrons. The molecule has 0 rings (SSSR count). The molecule has 1 atom stereocenters. The van der Waals surface area contributed by atoms with E-state index in [4.69, 9.17) is 9.47 Å². The van der Waals surface area contributed by atoms with Crippen LogP contribution in [-0.4, -0.2) is 43.5 Å². The maximum absolute atomic E-state index is 11.3. The Labute approximate surface area is 94.9 Å². The SMILES string of the molecule is CCOCCOC(=O)C(CS)NC(C)=O. The van der Waals surface area contributed by atoms with Crippen LogP contribution in [0.4, 0.5) is 0 Å². The number of amides is 1. The van der Waals surface area contributed by atoms with Crippen molar-refractivity contribution in [2.45, 2.75) is 19.9 Å². The Morgan fingerprint density at radius 2 is 2.07 bits per heavy atom. The van der Waals surface area contributed by atoms with Gasteiger partial charge in [0.2, 0.25) is 5.91 Å². The van der Waals surface area contributed by atoms with E-state index in [0.29, 0.717) is 13.2 Å². The molecule has 15 heavy (non-hydrogen) atoms. The Bertz CT molecular complexity index is 210. The molecule has 0 aromatic carbocycles. The molecule has 0 aliphatic carbocycles. The summed E-state index contributed by atoms with van der Waals surface area (Å²) in [5.41, 5.74) is 0. The molecule has 0 aromatic heterocycles. The Morgan fingerprint density at radius 1 is 1.40 bits per heavy atom. The Morgan fingerprint density at radius 3 is 2.53 bits per heavy atom. The fourth-order valence-corrected chi connectivity index (χ4v) is 1.11. The molecule has 0 bridgehead atoms. The molecule has 0 heterocycles. The number of rotatable bonds is 7. The maximum Gasteiger partial charge on any atom is 0.329 e. The van der Waals surface area contributed by atoms with Crippen molar-refractivity contribution in [2.75, 3.05) is 25.6 Å². The molecule has 0 spiro atoms. The molecule has 0 aromatic rings. The molecule has 1 N–H and O–H groups in total. The van der Waals surface area contributed by atoms with Gasteiger partial charge in [-0.15, -0.1) is 0 Å². The van der Waals surface area contributed by atoms with Gasteiger partial charge in [0.15, 0.2) is 0 Å². The Kier molecular flexibility index (Phi) is 8.12. The van der Waals surface area contributed by atoms with E-state index in [1.165, 1.54) is 6.92 Å². The van der Waals surface area contributed by atoms with Gasteiger partial charge in [-0.05, 0) is 6.92 Å². The summed E-state index contributed by atoms with van der Waals surface area (Å²) in [6.45, 7) is 4.33. The first kappa shape index (κ1) is 14.2. The van der Waals surface area contributed by atoms with E-state index in [-0.39, 0.29) is 18.3 Å². The molecular formula is C9H17NO4S. The van der Waals surface area contributed by atoms with E-state index >= 15 is 0 Å². The van der Waals surface area contributed by atoms with Crippen LogP contribution in [-0.2, 0) is 19.1 Å². The van der Waals surface area contributed by atoms with Gasteiger partial charge in [-0.2, -0.15) is 12.6 Å². The summed E-state index contributed by atoms with van der Waals surface area (Å²) in [6.07, 6.45) is 0. The van der Waals surface area contributed by atoms with Crippen molar-refractivity contribution in [3.8, 4) is 0 Å². The van der Waals surface area contributed by atoms with Gasteiger partial charge in [-0.1, -0.05) is 0 Å². The van der Waals surface area contributed by atoms with E-state index in [1.54, 1.807) is 0 Å². The normalized spacial score (nSPS) is 11.9. The zero-order chi connectivity index (χ0) is 11.7. The van der Waals surface area contributed by atoms with Crippen LogP contribution >= 0.6 is 12.6 Å². The summed E-state index contributed by atoms with van der Waals surface area (Å²) in [5, 5.41) is 2.44. The summed E-state index contributed by atoms with van der Waals surface area (Å²) in [5.74, 6) is -0.553. The summed E-state index contributed by atoms with van der Waals surface area (Å²) < 4.78 is 9.87. The van der Waals surface area contributed by atoms with Crippen LogP contribution in [0.25, 0.3) is 0 Å². The van der Waals surface area contributed by atoms with Crippen LogP contribution in [0, 0.1) is 0 Å². The monoisotopic (exact) mass is 235 g/mol. The molecule has 1 unspecified atom stereocenters. The molecule has 0 aliphatic heterocycles. The fourth-order valence-electron chi connectivity index (χ4n) is 0.871. The smallest absolute Gasteiger partial charge is 0.329 e. The van der Waals surface area contributed by atoms with Crippen LogP contribution in [0.15, 0.2) is 0 Å². The summed E-state index contributed by atoms with van der Waals surface area (Å²) in [6, 6.07) is -0.688. The van der Waals surface area contributed by atoms with Crippen LogP contribution in [0.2, 0.25) is 0 Å². The second kappa shape index (κ2) is 8.55. The van der Waals surface area contributed by atoms with E-state index < -0.39 is 12.0 Å². The van der Waals surface area contributed by atoms with Crippen molar-refractivity contribution in [1.82, 2.24) is 5.32 Å². The second-order valence-corrected chi connectivity index (χ2v) is 3.17. The molecule has 6 heteroatoms. The van der Waals surface area contributed by atoms with Crippen LogP contribution < -0.4 is 5.32 Å². The van der Waals surface area contributed by atoms with Crippen LogP contribution in [0.1, 0.15) is 13.8 Å². The lowest BCUT2D eigenvalue weighted by molar-refractivity contribution is -0.148. The highest BCUT2D eigenvalue weighted by atomic mass is 32.1. The van der Waals surface area contributed by atoms with Crippen molar-refractivity contribution in [3.05, 3.63) is 0 Å². The van der Waals surface area contributed by atoms with Gasteiger partial charge in [0.25, 0.3) is 0 Å². The molecular weight excluding hydrogens is 218 g/mol. The lowest BCUT2D eigenvalue weighted by atomic mass is 10.3. The predicted octanol–water partition coefficient (Wildman–Crippen LogP) is 0.000600. The molecule has 0 aliphatic rings. The number of carbonyl (C=O) groups excluding carboxylic acids is 2. The number of esters is 1. The van der Waals surface area contributed by atoms with Crippen molar-refractivity contribution >= 4 is 24.5 Å². The third-order valence-electron chi connectivity index (χ3n) is 1.52. The van der Waals surface area contributed by atoms with Crippen molar-refractivity contribution in [2.24, 2.45) is 0 Å². The lowest BCUT2D eigenvalue weighted by Crippen LogP contribution is -2.42. The van der Waals surface area contributed by atoms with Gasteiger partial charge in [0, 0.05) is 19.3 Å². The first-order valence-corrected chi connectivity index (χ1v) is 5.37. The van der Waals surface area contributed by atoms with E-state index in [2.05, 4.69) is 17.9 Å². The largest absolute Gasteiger partial charge is 0.462 e. The number of carbonyl (C=O) groups is 2. The van der Waals surface area contributed by atoms with E-state index in [1.807, 2.05) is 6.92 Å². The molecule has 88 valence electrons. The minimum atomic E-state index is -0.688. The van der Waals surface area contributed by atoms with Gasteiger partial charge in [0.05, 0.1) is 6.61 Å². The number of hydrogen-bond acceptors (Lipinski definition) is 5. The summed E-state index contributed by atoms with van der Waals surface area (Å²) in [4.78, 5) is 22.0. The Hall–Kier alpha value is -0.750. The van der Waals surface area contributed by atoms with Gasteiger partial charge in [0.1, 0.15) is 12.6 Å². The minimum Gasteiger partial charge on any atom is -0.462 e. The van der Waals surface area contributed by atoms with Crippen molar-refractivity contribution in [1.29, 1.82) is 0 Å². The van der Waals surface area contributed by atoms with Crippen LogP contribution in [0.3, 0.4) is 0 Å². The molecule has 0 saturated carbocycles. The number of ether oxygens (including phenoxy) is 2. The van der Waals surface area contributed by atoms with Crippen molar-refractivity contribution < 1.29 is 19.1 Å². The van der Waals surface area contributed by atoms with Crippen LogP contribution in [0.5, 0.6) is 0 Å². The average molecular weight is 235 g/mol. The van der Waals surface area contributed by atoms with Crippen molar-refractivity contribution in [3.63, 3.8) is 0 Å². The molecule has 0 fully saturated rings. The maximum atomic E-state index is 11.3. The number of thiol groups is 1. The lowest BCUT2D eigenvalue weighted by Gasteiger charge is -2.14. The zero-order valence-electron chi connectivity index (χ0n) is 8.99. The number of hydrogen-bond donors (Lipinski definition) is 2. The number of nitrogens with one attached hydrogen (secondary N) is 1. The highest BCUT2D eigenvalue weighted by Crippen LogP contribution is 1.93. The topological polar surface area (TPSA) is 64.6 Å². The van der Waals surface area contributed by atoms with Gasteiger partial charge < -0.3 is 14.8 Å². The fraction of sp³-hybridized carbons (Fsp3) is 0.778. The first-order valence-electron chi connectivity index (χ1n) is 4.74. The highest BCUT2D eigenvalue weighted by Gasteiger charge is 2.18. The van der Waals surface area contributed by atoms with Gasteiger partial charge in [-0.25, -0.2) is 4.79 Å². The Balaban J connectivity index is 3.78. The molecule has 0 saturated heterocycles. The highest BCUT2D eigenvalue weighted by molar-refractivity contribution is 7.80. The molecule has 5 nitrogen and oxygen atoms in total. The quantitative estimate of drug-likeness (QED) is 0.370. The third kappa shape index (κ3) is 7.21. The standard InChI is InChI=1S/C9H17NO4S/c1-3-13-4-5-14-9(12)8(6-15)10-7(2)11/h8,15H,3-6H2,1-2H3,(H,10,11). The average Bonchev–Trinajstić information content (AvgIpc) is 2.20. The minimum absolute atomic E-state index is 0.191. The zero-order valence-corrected chi connectivity index (χ0v) is 9.88. The third-order valence-corrected chi connectivity index (χ3v) is 1.89. The van der Waals surface area contributed by atoms with Gasteiger partial charge in [-0.3, -0.25) is 4.79 Å². The van der Waals surface area contributed by atoms with E-state index in [0.717, 1.165) is 0 Å². The van der Waals surface area contributed by atoms with E-state index in [9.17, 15) is 9.59 Å².